The predicted molar refractivity (Wildman–Crippen MR) is 135 cm³/mol. The number of carbonyl (C=O) groups is 1. The third-order valence-electron chi connectivity index (χ3n) is 6.30. The Kier molecular flexibility index (Phi) is 5.85. The van der Waals surface area contributed by atoms with Crippen molar-refractivity contribution in [2.45, 2.75) is 32.6 Å². The summed E-state index contributed by atoms with van der Waals surface area (Å²) in [5, 5.41) is 10.6. The van der Waals surface area contributed by atoms with Crippen molar-refractivity contribution in [3.63, 3.8) is 0 Å². The predicted octanol–water partition coefficient (Wildman–Crippen LogP) is 3.75. The monoisotopic (exact) mass is 483 g/mol. The van der Waals surface area contributed by atoms with E-state index in [-0.39, 0.29) is 5.91 Å². The maximum atomic E-state index is 13.2. The summed E-state index contributed by atoms with van der Waals surface area (Å²) in [6, 6.07) is 18.3. The first kappa shape index (κ1) is 21.7. The second kappa shape index (κ2) is 9.44. The fourth-order valence-electron chi connectivity index (χ4n) is 4.62. The topological polar surface area (TPSA) is 91.7 Å². The van der Waals surface area contributed by atoms with Crippen LogP contribution in [0.2, 0.25) is 0 Å². The summed E-state index contributed by atoms with van der Waals surface area (Å²) in [6.45, 7) is 3.27. The number of carbonyl (C=O) groups excluding carboxylic acids is 1. The quantitative estimate of drug-likeness (QED) is 0.368. The molecule has 0 saturated heterocycles. The number of H-pyrrole nitrogens is 1. The summed E-state index contributed by atoms with van der Waals surface area (Å²) in [4.78, 5) is 28.0. The van der Waals surface area contributed by atoms with E-state index in [0.29, 0.717) is 31.9 Å². The molecule has 5 aromatic rings. The first-order chi connectivity index (χ1) is 17.2. The fourth-order valence-corrected chi connectivity index (χ4v) is 5.18. The number of nitrogens with one attached hydrogen (secondary N) is 2. The van der Waals surface area contributed by atoms with Gasteiger partial charge in [0.2, 0.25) is 0 Å². The van der Waals surface area contributed by atoms with Crippen molar-refractivity contribution in [2.75, 3.05) is 6.54 Å². The van der Waals surface area contributed by atoms with Gasteiger partial charge in [-0.3, -0.25) is 14.4 Å². The summed E-state index contributed by atoms with van der Waals surface area (Å²) in [6.07, 6.45) is 2.58. The van der Waals surface area contributed by atoms with Crippen molar-refractivity contribution in [1.82, 2.24) is 34.9 Å². The van der Waals surface area contributed by atoms with E-state index in [2.05, 4.69) is 32.3 Å². The Labute approximate surface area is 206 Å². The van der Waals surface area contributed by atoms with Crippen molar-refractivity contribution in [2.24, 2.45) is 0 Å². The highest BCUT2D eigenvalue weighted by Crippen LogP contribution is 2.25. The number of hydrogen-bond acceptors (Lipinski definition) is 6. The van der Waals surface area contributed by atoms with Crippen LogP contribution < -0.4 is 5.32 Å². The van der Waals surface area contributed by atoms with Gasteiger partial charge in [-0.2, -0.15) is 5.10 Å². The molecule has 9 heteroatoms. The number of rotatable bonds is 7. The summed E-state index contributed by atoms with van der Waals surface area (Å²) in [5.74, 6) is 0.773. The zero-order chi connectivity index (χ0) is 23.6. The number of para-hydroxylation sites is 2. The molecule has 8 nitrogen and oxygen atoms in total. The Bertz CT molecular complexity index is 1420. The second-order valence-corrected chi connectivity index (χ2v) is 9.67. The summed E-state index contributed by atoms with van der Waals surface area (Å²) >= 11 is 1.53. The molecule has 35 heavy (non-hydrogen) atoms. The van der Waals surface area contributed by atoms with Crippen LogP contribution in [0.15, 0.2) is 66.2 Å². The van der Waals surface area contributed by atoms with Crippen LogP contribution in [0.3, 0.4) is 0 Å². The average Bonchev–Trinajstić information content (AvgIpc) is 3.62. The molecule has 0 radical (unpaired) electrons. The van der Waals surface area contributed by atoms with Crippen molar-refractivity contribution < 1.29 is 4.79 Å². The van der Waals surface area contributed by atoms with E-state index < -0.39 is 0 Å². The molecular weight excluding hydrogens is 458 g/mol. The summed E-state index contributed by atoms with van der Waals surface area (Å²) in [7, 11) is 0. The number of imidazole rings is 1. The molecule has 0 fully saturated rings. The fraction of sp³-hybridized carbons (Fsp3) is 0.231. The van der Waals surface area contributed by atoms with Gasteiger partial charge in [-0.25, -0.2) is 9.97 Å². The van der Waals surface area contributed by atoms with E-state index in [0.717, 1.165) is 51.7 Å². The molecule has 0 bridgehead atoms. The van der Waals surface area contributed by atoms with E-state index in [1.807, 2.05) is 52.5 Å². The number of thiazole rings is 1. The Morgan fingerprint density at radius 3 is 2.77 bits per heavy atom. The van der Waals surface area contributed by atoms with Crippen molar-refractivity contribution in [1.29, 1.82) is 0 Å². The third-order valence-corrected chi connectivity index (χ3v) is 7.08. The molecular formula is C26H25N7OS. The maximum Gasteiger partial charge on any atom is 0.272 e. The third kappa shape index (κ3) is 4.60. The molecule has 6 rings (SSSR count). The lowest BCUT2D eigenvalue weighted by Crippen LogP contribution is -2.32. The molecule has 0 spiro atoms. The largest absolute Gasteiger partial charge is 0.344 e. The van der Waals surface area contributed by atoms with Crippen LogP contribution in [-0.4, -0.2) is 42.1 Å². The zero-order valence-electron chi connectivity index (χ0n) is 19.1. The number of aromatic nitrogens is 5. The molecule has 2 aromatic carbocycles. The molecule has 176 valence electrons. The summed E-state index contributed by atoms with van der Waals surface area (Å²) in [5.41, 5.74) is 5.81. The molecule has 0 unspecified atom stereocenters. The minimum atomic E-state index is -0.158. The van der Waals surface area contributed by atoms with Gasteiger partial charge in [0.25, 0.3) is 5.91 Å². The highest BCUT2D eigenvalue weighted by molar-refractivity contribution is 7.09. The van der Waals surface area contributed by atoms with Crippen LogP contribution in [0.4, 0.5) is 0 Å². The van der Waals surface area contributed by atoms with Gasteiger partial charge in [0, 0.05) is 42.3 Å². The lowest BCUT2D eigenvalue weighted by molar-refractivity contribution is 0.0942. The standard InChI is InChI=1S/C26H25N7OS/c34-26(28-14-24-27-11-13-35-24)25-19-16-32(17-23-29-20-8-4-5-9-21(20)30-23)12-10-22(19)33(31-25)15-18-6-2-1-3-7-18/h1-9,11,13H,10,12,14-17H2,(H,28,34)(H,29,30). The van der Waals surface area contributed by atoms with Gasteiger partial charge in [0.05, 0.1) is 30.7 Å². The molecule has 1 aliphatic heterocycles. The highest BCUT2D eigenvalue weighted by atomic mass is 32.1. The lowest BCUT2D eigenvalue weighted by Gasteiger charge is -2.27. The number of fused-ring (bicyclic) bond motifs is 2. The van der Waals surface area contributed by atoms with Gasteiger partial charge in [0.15, 0.2) is 5.69 Å². The van der Waals surface area contributed by atoms with Crippen LogP contribution in [0, 0.1) is 0 Å². The average molecular weight is 484 g/mol. The minimum Gasteiger partial charge on any atom is -0.344 e. The van der Waals surface area contributed by atoms with E-state index in [9.17, 15) is 4.79 Å². The van der Waals surface area contributed by atoms with Crippen molar-refractivity contribution >= 4 is 28.3 Å². The van der Waals surface area contributed by atoms with Gasteiger partial charge < -0.3 is 10.3 Å². The minimum absolute atomic E-state index is 0.158. The number of nitrogens with zero attached hydrogens (tertiary/aromatic N) is 5. The number of hydrogen-bond donors (Lipinski definition) is 2. The Morgan fingerprint density at radius 1 is 1.09 bits per heavy atom. The van der Waals surface area contributed by atoms with Crippen LogP contribution in [-0.2, 0) is 32.6 Å². The summed E-state index contributed by atoms with van der Waals surface area (Å²) < 4.78 is 2.00. The van der Waals surface area contributed by atoms with Gasteiger partial charge in [-0.15, -0.1) is 11.3 Å². The Hall–Kier alpha value is -3.82. The molecule has 1 amide bonds. The second-order valence-electron chi connectivity index (χ2n) is 8.69. The maximum absolute atomic E-state index is 13.2. The molecule has 1 aliphatic rings. The molecule has 0 aliphatic carbocycles. The molecule has 3 aromatic heterocycles. The number of benzene rings is 2. The zero-order valence-corrected chi connectivity index (χ0v) is 20.0. The van der Waals surface area contributed by atoms with Crippen LogP contribution in [0.5, 0.6) is 0 Å². The Morgan fingerprint density at radius 2 is 1.94 bits per heavy atom. The lowest BCUT2D eigenvalue weighted by atomic mass is 10.0. The molecule has 0 atom stereocenters. The SMILES string of the molecule is O=C(NCc1nccs1)c1nn(Cc2ccccc2)c2c1CN(Cc1nc3ccccc3[nH]1)CC2. The van der Waals surface area contributed by atoms with Crippen molar-refractivity contribution in [3.8, 4) is 0 Å². The normalized spacial score (nSPS) is 13.7. The van der Waals surface area contributed by atoms with Crippen LogP contribution >= 0.6 is 11.3 Å². The smallest absolute Gasteiger partial charge is 0.272 e. The molecule has 4 heterocycles. The molecule has 2 N–H and O–H groups in total. The van der Waals surface area contributed by atoms with E-state index in [4.69, 9.17) is 10.1 Å². The number of amides is 1. The van der Waals surface area contributed by atoms with Gasteiger partial charge in [-0.05, 0) is 17.7 Å². The van der Waals surface area contributed by atoms with Crippen LogP contribution in [0.25, 0.3) is 11.0 Å². The van der Waals surface area contributed by atoms with Gasteiger partial charge >= 0.3 is 0 Å². The Balaban J connectivity index is 1.26. The van der Waals surface area contributed by atoms with E-state index in [1.165, 1.54) is 11.3 Å². The first-order valence-corrected chi connectivity index (χ1v) is 12.6. The van der Waals surface area contributed by atoms with Gasteiger partial charge in [0.1, 0.15) is 10.8 Å². The van der Waals surface area contributed by atoms with Gasteiger partial charge in [-0.1, -0.05) is 42.5 Å². The highest BCUT2D eigenvalue weighted by Gasteiger charge is 2.28. The van der Waals surface area contributed by atoms with Crippen molar-refractivity contribution in [3.05, 3.63) is 99.5 Å². The van der Waals surface area contributed by atoms with Crippen LogP contribution in [0.1, 0.15) is 38.1 Å². The first-order valence-electron chi connectivity index (χ1n) is 11.7. The number of aromatic amines is 1. The van der Waals surface area contributed by atoms with E-state index >= 15 is 0 Å². The van der Waals surface area contributed by atoms with E-state index in [1.54, 1.807) is 6.20 Å². The molecule has 0 saturated carbocycles.